The van der Waals surface area contributed by atoms with Crippen molar-refractivity contribution in [2.24, 2.45) is 16.6 Å². The summed E-state index contributed by atoms with van der Waals surface area (Å²) in [5.41, 5.74) is 12.3. The van der Waals surface area contributed by atoms with Crippen LogP contribution in [0.2, 0.25) is 0 Å². The molecular formula is C32H45N7O3. The molecule has 3 heterocycles. The SMILES string of the molecule is CC1=CC(C)=NC(=O)C1CNC(=O)c1cc(-c2cnn(CCN3CCOCC3)c2)cc(N(C)C2CCC(N)CC2)c1C. The number of benzene rings is 1. The average molecular weight is 576 g/mol. The van der Waals surface area contributed by atoms with Gasteiger partial charge in [0.1, 0.15) is 0 Å². The number of allylic oxidation sites excluding steroid dienone is 1. The Labute approximate surface area is 249 Å². The Kier molecular flexibility index (Phi) is 9.55. The van der Waals surface area contributed by atoms with E-state index in [-0.39, 0.29) is 24.4 Å². The lowest BCUT2D eigenvalue weighted by molar-refractivity contribution is -0.120. The van der Waals surface area contributed by atoms with Crippen LogP contribution in [0.25, 0.3) is 11.1 Å². The number of hydrogen-bond donors (Lipinski definition) is 2. The molecule has 1 aromatic heterocycles. The van der Waals surface area contributed by atoms with Crippen LogP contribution in [0.3, 0.4) is 0 Å². The molecule has 42 heavy (non-hydrogen) atoms. The average Bonchev–Trinajstić information content (AvgIpc) is 3.45. The zero-order valence-electron chi connectivity index (χ0n) is 25.4. The monoisotopic (exact) mass is 575 g/mol. The molecule has 1 aliphatic carbocycles. The summed E-state index contributed by atoms with van der Waals surface area (Å²) in [6.45, 7) is 11.1. The largest absolute Gasteiger partial charge is 0.379 e. The van der Waals surface area contributed by atoms with Crippen molar-refractivity contribution in [3.05, 3.63) is 47.3 Å². The molecular weight excluding hydrogens is 530 g/mol. The maximum absolute atomic E-state index is 13.7. The van der Waals surface area contributed by atoms with Crippen LogP contribution in [0.15, 0.2) is 41.2 Å². The van der Waals surface area contributed by atoms with Gasteiger partial charge in [-0.05, 0) is 75.8 Å². The Morgan fingerprint density at radius 3 is 2.55 bits per heavy atom. The number of carbonyl (C=O) groups is 2. The quantitative estimate of drug-likeness (QED) is 0.472. The van der Waals surface area contributed by atoms with Gasteiger partial charge in [-0.25, -0.2) is 4.99 Å². The number of aliphatic imine (C=N–C) groups is 1. The molecule has 2 aromatic rings. The normalized spacial score (nSPS) is 23.4. The second-order valence-corrected chi connectivity index (χ2v) is 12.0. The van der Waals surface area contributed by atoms with Gasteiger partial charge < -0.3 is 20.7 Å². The fraction of sp³-hybridized carbons (Fsp3) is 0.562. The summed E-state index contributed by atoms with van der Waals surface area (Å²) < 4.78 is 7.44. The first-order valence-electron chi connectivity index (χ1n) is 15.2. The number of rotatable bonds is 9. The topological polar surface area (TPSA) is 118 Å². The van der Waals surface area contributed by atoms with Gasteiger partial charge in [0.25, 0.3) is 11.8 Å². The van der Waals surface area contributed by atoms with E-state index in [2.05, 4.69) is 44.5 Å². The van der Waals surface area contributed by atoms with E-state index in [1.54, 1.807) is 0 Å². The molecule has 1 saturated heterocycles. The van der Waals surface area contributed by atoms with Crippen molar-refractivity contribution < 1.29 is 14.3 Å². The maximum Gasteiger partial charge on any atom is 0.254 e. The molecule has 3 aliphatic rings. The smallest absolute Gasteiger partial charge is 0.254 e. The second-order valence-electron chi connectivity index (χ2n) is 12.0. The van der Waals surface area contributed by atoms with Crippen molar-refractivity contribution in [2.75, 3.05) is 51.3 Å². The van der Waals surface area contributed by atoms with Crippen LogP contribution < -0.4 is 16.0 Å². The van der Waals surface area contributed by atoms with E-state index in [4.69, 9.17) is 10.5 Å². The predicted octanol–water partition coefficient (Wildman–Crippen LogP) is 3.19. The van der Waals surface area contributed by atoms with Crippen molar-refractivity contribution in [3.63, 3.8) is 0 Å². The van der Waals surface area contributed by atoms with Crippen LogP contribution >= 0.6 is 0 Å². The van der Waals surface area contributed by atoms with E-state index < -0.39 is 5.92 Å². The van der Waals surface area contributed by atoms with Crippen LogP contribution in [-0.4, -0.2) is 90.7 Å². The summed E-state index contributed by atoms with van der Waals surface area (Å²) in [6.07, 6.45) is 9.90. The molecule has 10 heteroatoms. The third kappa shape index (κ3) is 6.99. The molecule has 0 bridgehead atoms. The van der Waals surface area contributed by atoms with E-state index >= 15 is 0 Å². The van der Waals surface area contributed by atoms with Gasteiger partial charge in [0.15, 0.2) is 0 Å². The molecule has 0 spiro atoms. The molecule has 226 valence electrons. The number of amides is 2. The number of anilines is 1. The first kappa shape index (κ1) is 30.1. The minimum Gasteiger partial charge on any atom is -0.379 e. The molecule has 3 N–H and O–H groups in total. The molecule has 2 fully saturated rings. The molecule has 2 aliphatic heterocycles. The molecule has 5 rings (SSSR count). The Bertz CT molecular complexity index is 1350. The fourth-order valence-corrected chi connectivity index (χ4v) is 6.30. The van der Waals surface area contributed by atoms with Crippen LogP contribution in [0.4, 0.5) is 5.69 Å². The summed E-state index contributed by atoms with van der Waals surface area (Å²) in [5.74, 6) is -0.848. The van der Waals surface area contributed by atoms with Crippen LogP contribution in [0.5, 0.6) is 0 Å². The second kappa shape index (κ2) is 13.3. The number of hydrogen-bond acceptors (Lipinski definition) is 7. The van der Waals surface area contributed by atoms with E-state index in [0.717, 1.165) is 93.0 Å². The van der Waals surface area contributed by atoms with Gasteiger partial charge in [-0.1, -0.05) is 5.57 Å². The van der Waals surface area contributed by atoms with Gasteiger partial charge in [-0.2, -0.15) is 5.10 Å². The highest BCUT2D eigenvalue weighted by molar-refractivity contribution is 6.06. The van der Waals surface area contributed by atoms with E-state index in [9.17, 15) is 9.59 Å². The van der Waals surface area contributed by atoms with Crippen LogP contribution in [0.1, 0.15) is 55.5 Å². The standard InChI is InChI=1S/C32H45N7O3/c1-21-15-22(2)36-32(41)29(21)19-34-31(40)28-16-24(17-30(23(28)3)37(4)27-7-5-26(33)6-8-27)25-18-35-39(20-25)10-9-38-11-13-42-14-12-38/h15-18,20,26-27,29H,5-14,19,33H2,1-4H3,(H,34,40). The number of aromatic nitrogens is 2. The number of ether oxygens (including phenoxy) is 1. The van der Waals surface area contributed by atoms with Crippen molar-refractivity contribution in [1.82, 2.24) is 20.0 Å². The number of nitrogens with two attached hydrogens (primary N) is 1. The summed E-state index contributed by atoms with van der Waals surface area (Å²) >= 11 is 0. The van der Waals surface area contributed by atoms with Crippen LogP contribution in [0, 0.1) is 12.8 Å². The van der Waals surface area contributed by atoms with Crippen molar-refractivity contribution >= 4 is 23.2 Å². The fourth-order valence-electron chi connectivity index (χ4n) is 6.30. The number of carbonyl (C=O) groups excluding carboxylic acids is 2. The zero-order valence-corrected chi connectivity index (χ0v) is 25.4. The molecule has 10 nitrogen and oxygen atoms in total. The Morgan fingerprint density at radius 1 is 1.10 bits per heavy atom. The molecule has 1 aromatic carbocycles. The third-order valence-electron chi connectivity index (χ3n) is 9.05. The Balaban J connectivity index is 1.39. The lowest BCUT2D eigenvalue weighted by Crippen LogP contribution is -2.39. The van der Waals surface area contributed by atoms with E-state index in [0.29, 0.717) is 17.3 Å². The summed E-state index contributed by atoms with van der Waals surface area (Å²) in [6, 6.07) is 4.76. The van der Waals surface area contributed by atoms with Gasteiger partial charge in [0.05, 0.1) is 31.9 Å². The highest BCUT2D eigenvalue weighted by Gasteiger charge is 2.27. The highest BCUT2D eigenvalue weighted by atomic mass is 16.5. The Morgan fingerprint density at radius 2 is 1.83 bits per heavy atom. The third-order valence-corrected chi connectivity index (χ3v) is 9.05. The van der Waals surface area contributed by atoms with Gasteiger partial charge in [-0.15, -0.1) is 0 Å². The van der Waals surface area contributed by atoms with E-state index in [1.165, 1.54) is 0 Å². The Hall–Kier alpha value is -3.34. The number of nitrogens with zero attached hydrogens (tertiary/aromatic N) is 5. The van der Waals surface area contributed by atoms with Gasteiger partial charge in [-0.3, -0.25) is 19.2 Å². The maximum atomic E-state index is 13.7. The first-order valence-corrected chi connectivity index (χ1v) is 15.2. The minimum absolute atomic E-state index is 0.193. The first-order chi connectivity index (χ1) is 20.2. The lowest BCUT2D eigenvalue weighted by Gasteiger charge is -2.36. The minimum atomic E-state index is -0.445. The molecule has 1 atom stereocenters. The zero-order chi connectivity index (χ0) is 29.8. The summed E-state index contributed by atoms with van der Waals surface area (Å²) in [7, 11) is 2.12. The van der Waals surface area contributed by atoms with Gasteiger partial charge in [0.2, 0.25) is 0 Å². The van der Waals surface area contributed by atoms with Crippen molar-refractivity contribution in [3.8, 4) is 11.1 Å². The molecule has 0 radical (unpaired) electrons. The van der Waals surface area contributed by atoms with Crippen molar-refractivity contribution in [1.29, 1.82) is 0 Å². The van der Waals surface area contributed by atoms with Gasteiger partial charge in [0, 0.05) is 74.0 Å². The lowest BCUT2D eigenvalue weighted by atomic mass is 9.89. The summed E-state index contributed by atoms with van der Waals surface area (Å²) in [5, 5.41) is 7.68. The summed E-state index contributed by atoms with van der Waals surface area (Å²) in [4.78, 5) is 35.1. The van der Waals surface area contributed by atoms with Gasteiger partial charge >= 0.3 is 0 Å². The molecule has 1 saturated carbocycles. The number of morpholine rings is 1. The van der Waals surface area contributed by atoms with Crippen LogP contribution in [-0.2, 0) is 16.1 Å². The number of nitrogens with one attached hydrogen (secondary N) is 1. The predicted molar refractivity (Wildman–Crippen MR) is 166 cm³/mol. The van der Waals surface area contributed by atoms with E-state index in [1.807, 2.05) is 43.8 Å². The molecule has 2 amide bonds. The molecule has 1 unspecified atom stereocenters. The highest BCUT2D eigenvalue weighted by Crippen LogP contribution is 2.34. The van der Waals surface area contributed by atoms with Crippen molar-refractivity contribution in [2.45, 2.75) is 65.1 Å². The number of dihydropyridines is 1.